The third-order valence-electron chi connectivity index (χ3n) is 9.36. The molecule has 0 radical (unpaired) electrons. The fraction of sp³-hybridized carbons (Fsp3) is 0.255. The molecule has 0 saturated heterocycles. The van der Waals surface area contributed by atoms with Gasteiger partial charge in [-0.25, -0.2) is 9.59 Å². The van der Waals surface area contributed by atoms with E-state index in [-0.39, 0.29) is 30.3 Å². The van der Waals surface area contributed by atoms with Crippen LogP contribution in [0.25, 0.3) is 6.08 Å². The van der Waals surface area contributed by atoms with Crippen LogP contribution in [0.1, 0.15) is 75.2 Å². The summed E-state index contributed by atoms with van der Waals surface area (Å²) in [4.78, 5) is 73.0. The molecule has 1 unspecified atom stereocenters. The van der Waals surface area contributed by atoms with Crippen molar-refractivity contribution in [1.29, 1.82) is 0 Å². The van der Waals surface area contributed by atoms with Gasteiger partial charge in [0, 0.05) is 47.4 Å². The van der Waals surface area contributed by atoms with Crippen LogP contribution in [0, 0.1) is 0 Å². The Morgan fingerprint density at radius 3 is 2.23 bits per heavy atom. The van der Waals surface area contributed by atoms with E-state index in [1.54, 1.807) is 81.1 Å². The van der Waals surface area contributed by atoms with E-state index < -0.39 is 34.7 Å². The summed E-state index contributed by atoms with van der Waals surface area (Å²) in [6.07, 6.45) is 1.55. The van der Waals surface area contributed by atoms with Crippen molar-refractivity contribution < 1.29 is 33.4 Å². The lowest BCUT2D eigenvalue weighted by atomic mass is 10.0. The molecule has 3 N–H and O–H groups in total. The molecule has 0 spiro atoms. The zero-order chi connectivity index (χ0) is 43.7. The van der Waals surface area contributed by atoms with Gasteiger partial charge in [-0.05, 0) is 99.3 Å². The molecule has 316 valence electrons. The second kappa shape index (κ2) is 19.8. The maximum Gasteiger partial charge on any atom is 0.410 e. The van der Waals surface area contributed by atoms with E-state index >= 15 is 0 Å². The van der Waals surface area contributed by atoms with Crippen LogP contribution in [0.5, 0.6) is 0 Å². The fourth-order valence-corrected chi connectivity index (χ4v) is 8.77. The van der Waals surface area contributed by atoms with Crippen LogP contribution in [0.3, 0.4) is 0 Å². The summed E-state index contributed by atoms with van der Waals surface area (Å²) in [6, 6.07) is 32.6. The van der Waals surface area contributed by atoms with E-state index in [0.717, 1.165) is 16.1 Å². The van der Waals surface area contributed by atoms with E-state index in [0.29, 0.717) is 45.2 Å². The Morgan fingerprint density at radius 2 is 1.57 bits per heavy atom. The van der Waals surface area contributed by atoms with Crippen LogP contribution < -0.4 is 20.9 Å². The average molecular weight is 860 g/mol. The predicted octanol–water partition coefficient (Wildman–Crippen LogP) is 9.17. The van der Waals surface area contributed by atoms with Crippen LogP contribution in [-0.2, 0) is 32.0 Å². The van der Waals surface area contributed by atoms with Crippen molar-refractivity contribution in [3.05, 3.63) is 148 Å². The number of hydrogen-bond donors (Lipinski definition) is 3. The number of nitrogens with one attached hydrogen (secondary N) is 3. The van der Waals surface area contributed by atoms with Crippen molar-refractivity contribution in [2.24, 2.45) is 0 Å². The molecule has 6 rings (SSSR count). The summed E-state index contributed by atoms with van der Waals surface area (Å²) >= 11 is 2.51. The summed E-state index contributed by atoms with van der Waals surface area (Å²) in [5, 5.41) is 8.30. The molecule has 14 heteroatoms. The summed E-state index contributed by atoms with van der Waals surface area (Å²) in [6.45, 7) is 7.86. The van der Waals surface area contributed by atoms with Crippen molar-refractivity contribution in [1.82, 2.24) is 10.2 Å². The van der Waals surface area contributed by atoms with E-state index in [4.69, 9.17) is 9.47 Å². The number of carbonyl (C=O) groups excluding carboxylic acids is 5. The summed E-state index contributed by atoms with van der Waals surface area (Å²) < 4.78 is 11.1. The molecule has 0 bridgehead atoms. The van der Waals surface area contributed by atoms with Gasteiger partial charge in [-0.3, -0.25) is 14.4 Å². The Balaban J connectivity index is 1.25. The molecule has 1 atom stereocenters. The molecule has 1 aliphatic heterocycles. The van der Waals surface area contributed by atoms with Crippen molar-refractivity contribution >= 4 is 75.3 Å². The zero-order valence-electron chi connectivity index (χ0n) is 34.9. The van der Waals surface area contributed by atoms with Crippen LogP contribution in [0.2, 0.25) is 0 Å². The van der Waals surface area contributed by atoms with Gasteiger partial charge < -0.3 is 35.2 Å². The first kappa shape index (κ1) is 44.2. The lowest BCUT2D eigenvalue weighted by Gasteiger charge is -2.30. The van der Waals surface area contributed by atoms with Crippen molar-refractivity contribution in [2.45, 2.75) is 56.4 Å². The Morgan fingerprint density at radius 1 is 0.885 bits per heavy atom. The highest BCUT2D eigenvalue weighted by Crippen LogP contribution is 2.41. The number of amides is 4. The second-order valence-electron chi connectivity index (χ2n) is 15.3. The number of benzene rings is 4. The minimum Gasteiger partial charge on any atom is -0.462 e. The molecule has 4 amide bonds. The first-order chi connectivity index (χ1) is 29.2. The van der Waals surface area contributed by atoms with Gasteiger partial charge in [-0.2, -0.15) is 0 Å². The summed E-state index contributed by atoms with van der Waals surface area (Å²) in [5.74, 6) is -1.91. The molecule has 0 aliphatic carbocycles. The maximum absolute atomic E-state index is 14.4. The topological polar surface area (TPSA) is 146 Å². The minimum absolute atomic E-state index is 0.0383. The number of ether oxygens (including phenoxy) is 2. The number of esters is 1. The summed E-state index contributed by atoms with van der Waals surface area (Å²) in [5.41, 5.74) is 3.64. The molecule has 4 aromatic carbocycles. The van der Waals surface area contributed by atoms with E-state index in [9.17, 15) is 24.0 Å². The van der Waals surface area contributed by atoms with Gasteiger partial charge >= 0.3 is 12.1 Å². The van der Waals surface area contributed by atoms with Gasteiger partial charge in [0.2, 0.25) is 5.91 Å². The maximum atomic E-state index is 14.4. The standard InChI is InChI=1S/C47H49N5O7S2/c1-7-58-45(56)39-36-25-26-52(46(57)59-47(2,3)4)29-38(36)61-44(39)50-43(55)40(31-15-10-8-11-16-31)60-35-20-14-19-33(28-35)48-42(54)37(49-41(53)32-17-12-9-13-18-32)27-30-21-23-34(24-22-30)51(5)6/h8-24,27-28,40H,7,25-26,29H2,1-6H3,(H,48,54)(H,49,53)(H,50,55)/b37-27+. The predicted molar refractivity (Wildman–Crippen MR) is 242 cm³/mol. The number of anilines is 3. The SMILES string of the molecule is CCOC(=O)c1c(NC(=O)C(Sc2cccc(NC(=O)/C(=C\c3ccc(N(C)C)cc3)NC(=O)c3ccccc3)c2)c2ccccc2)sc2c1CCN(C(=O)OC(C)(C)C)C2. The highest BCUT2D eigenvalue weighted by Gasteiger charge is 2.34. The lowest BCUT2D eigenvalue weighted by Crippen LogP contribution is -2.39. The quantitative estimate of drug-likeness (QED) is 0.0600. The number of hydrogen-bond acceptors (Lipinski definition) is 10. The minimum atomic E-state index is -0.787. The van der Waals surface area contributed by atoms with Gasteiger partial charge in [0.05, 0.1) is 18.7 Å². The third-order valence-corrected chi connectivity index (χ3v) is 11.7. The van der Waals surface area contributed by atoms with Crippen LogP contribution in [0.4, 0.5) is 21.2 Å². The number of nitrogens with zero attached hydrogens (tertiary/aromatic N) is 2. The number of rotatable bonds is 13. The molecular formula is C47H49N5O7S2. The normalized spacial score (nSPS) is 13.0. The Kier molecular flexibility index (Phi) is 14.3. The number of fused-ring (bicyclic) bond motifs is 1. The van der Waals surface area contributed by atoms with Crippen molar-refractivity contribution in [3.8, 4) is 0 Å². The molecule has 2 heterocycles. The fourth-order valence-electron chi connectivity index (χ4n) is 6.43. The van der Waals surface area contributed by atoms with Crippen LogP contribution >= 0.6 is 23.1 Å². The first-order valence-corrected chi connectivity index (χ1v) is 21.5. The molecular weight excluding hydrogens is 811 g/mol. The Bertz CT molecular complexity index is 2410. The third kappa shape index (κ3) is 11.7. The van der Waals surface area contributed by atoms with Crippen LogP contribution in [-0.4, -0.2) is 67.5 Å². The van der Waals surface area contributed by atoms with E-state index in [1.165, 1.54) is 23.1 Å². The highest BCUT2D eigenvalue weighted by molar-refractivity contribution is 8.00. The highest BCUT2D eigenvalue weighted by atomic mass is 32.2. The molecule has 61 heavy (non-hydrogen) atoms. The first-order valence-electron chi connectivity index (χ1n) is 19.8. The van der Waals surface area contributed by atoms with Gasteiger partial charge in [0.1, 0.15) is 21.5 Å². The van der Waals surface area contributed by atoms with Gasteiger partial charge in [0.15, 0.2) is 0 Å². The molecule has 5 aromatic rings. The van der Waals surface area contributed by atoms with Gasteiger partial charge in [-0.1, -0.05) is 66.7 Å². The molecule has 1 aromatic heterocycles. The largest absolute Gasteiger partial charge is 0.462 e. The zero-order valence-corrected chi connectivity index (χ0v) is 36.6. The number of carbonyl (C=O) groups is 5. The van der Waals surface area contributed by atoms with Gasteiger partial charge in [-0.15, -0.1) is 23.1 Å². The van der Waals surface area contributed by atoms with Gasteiger partial charge in [0.25, 0.3) is 11.8 Å². The molecule has 12 nitrogen and oxygen atoms in total. The summed E-state index contributed by atoms with van der Waals surface area (Å²) in [7, 11) is 3.87. The molecule has 0 fully saturated rings. The van der Waals surface area contributed by atoms with Crippen molar-refractivity contribution in [3.63, 3.8) is 0 Å². The monoisotopic (exact) mass is 859 g/mol. The number of thiophene rings is 1. The molecule has 0 saturated carbocycles. The average Bonchev–Trinajstić information content (AvgIpc) is 3.60. The van der Waals surface area contributed by atoms with E-state index in [2.05, 4.69) is 16.0 Å². The Hall–Kier alpha value is -6.38. The van der Waals surface area contributed by atoms with Crippen molar-refractivity contribution in [2.75, 3.05) is 42.8 Å². The lowest BCUT2D eigenvalue weighted by molar-refractivity contribution is -0.116. The Labute approximate surface area is 364 Å². The van der Waals surface area contributed by atoms with Crippen LogP contribution in [0.15, 0.2) is 120 Å². The second-order valence-corrected chi connectivity index (χ2v) is 17.6. The smallest absolute Gasteiger partial charge is 0.410 e. The molecule has 1 aliphatic rings. The number of thioether (sulfide) groups is 1. The van der Waals surface area contributed by atoms with E-state index in [1.807, 2.05) is 85.7 Å².